The van der Waals surface area contributed by atoms with Crippen molar-refractivity contribution in [3.05, 3.63) is 29.3 Å². The first-order valence-electron chi connectivity index (χ1n) is 9.77. The predicted molar refractivity (Wildman–Crippen MR) is 111 cm³/mol. The lowest BCUT2D eigenvalue weighted by molar-refractivity contribution is -0.115. The molecule has 0 unspecified atom stereocenters. The van der Waals surface area contributed by atoms with Gasteiger partial charge < -0.3 is 15.4 Å². The van der Waals surface area contributed by atoms with E-state index < -0.39 is 16.6 Å². The Morgan fingerprint density at radius 3 is 2.71 bits per heavy atom. The van der Waals surface area contributed by atoms with Crippen LogP contribution in [0.5, 0.6) is 5.75 Å². The van der Waals surface area contributed by atoms with Gasteiger partial charge in [-0.25, -0.2) is 8.93 Å². The first-order chi connectivity index (χ1) is 13.2. The first-order valence-corrected chi connectivity index (χ1v) is 10.9. The molecular formula is C21H29N3O3S. The molecule has 1 aromatic carbocycles. The highest BCUT2D eigenvalue weighted by atomic mass is 32.2. The van der Waals surface area contributed by atoms with Gasteiger partial charge in [-0.2, -0.15) is 0 Å². The summed E-state index contributed by atoms with van der Waals surface area (Å²) in [4.78, 5) is 11.6. The van der Waals surface area contributed by atoms with E-state index in [0.717, 1.165) is 42.8 Å². The van der Waals surface area contributed by atoms with Crippen LogP contribution in [0.25, 0.3) is 0 Å². The van der Waals surface area contributed by atoms with Gasteiger partial charge in [0.05, 0.1) is 21.8 Å². The molecule has 1 aromatic rings. The van der Waals surface area contributed by atoms with Crippen LogP contribution in [0.4, 0.5) is 0 Å². The summed E-state index contributed by atoms with van der Waals surface area (Å²) in [5.74, 6) is 6.04. The van der Waals surface area contributed by atoms with Gasteiger partial charge in [-0.05, 0) is 59.0 Å². The SMILES string of the molecule is CCNC(=O)C#Cc1ccc2c(c1)[C@@H](N[S@](=O)C(C)(C)C)C1(CCNCC1)O2. The Kier molecular flexibility index (Phi) is 6.13. The van der Waals surface area contributed by atoms with E-state index in [1.807, 2.05) is 45.9 Å². The molecule has 0 aromatic heterocycles. The van der Waals surface area contributed by atoms with E-state index >= 15 is 0 Å². The zero-order chi connectivity index (χ0) is 20.4. The Labute approximate surface area is 169 Å². The molecule has 7 heteroatoms. The van der Waals surface area contributed by atoms with Gasteiger partial charge in [-0.3, -0.25) is 4.79 Å². The molecular weight excluding hydrogens is 374 g/mol. The number of ether oxygens (including phenoxy) is 1. The molecule has 1 amide bonds. The van der Waals surface area contributed by atoms with Crippen LogP contribution in [0, 0.1) is 11.8 Å². The highest BCUT2D eigenvalue weighted by molar-refractivity contribution is 7.84. The molecule has 28 heavy (non-hydrogen) atoms. The molecule has 2 heterocycles. The largest absolute Gasteiger partial charge is 0.485 e. The van der Waals surface area contributed by atoms with Crippen molar-refractivity contribution in [3.8, 4) is 17.6 Å². The highest BCUT2D eigenvalue weighted by Crippen LogP contribution is 2.48. The molecule has 3 rings (SSSR count). The number of fused-ring (bicyclic) bond motifs is 1. The van der Waals surface area contributed by atoms with Gasteiger partial charge >= 0.3 is 0 Å². The maximum atomic E-state index is 12.9. The zero-order valence-electron chi connectivity index (χ0n) is 17.0. The third-order valence-corrected chi connectivity index (χ3v) is 6.61. The Bertz CT molecular complexity index is 830. The molecule has 0 radical (unpaired) electrons. The Hall–Kier alpha value is -1.88. The van der Waals surface area contributed by atoms with Crippen molar-refractivity contribution in [1.82, 2.24) is 15.4 Å². The Morgan fingerprint density at radius 1 is 1.36 bits per heavy atom. The zero-order valence-corrected chi connectivity index (χ0v) is 17.8. The minimum atomic E-state index is -1.23. The molecule has 2 atom stereocenters. The molecule has 2 aliphatic rings. The maximum absolute atomic E-state index is 12.9. The molecule has 0 bridgehead atoms. The number of piperidine rings is 1. The third-order valence-electron chi connectivity index (χ3n) is 5.05. The number of hydrogen-bond acceptors (Lipinski definition) is 4. The lowest BCUT2D eigenvalue weighted by Gasteiger charge is -2.39. The molecule has 2 aliphatic heterocycles. The van der Waals surface area contributed by atoms with Gasteiger partial charge in [-0.15, -0.1) is 0 Å². The fraction of sp³-hybridized carbons (Fsp3) is 0.571. The average Bonchev–Trinajstić information content (AvgIpc) is 2.92. The minimum absolute atomic E-state index is 0.184. The van der Waals surface area contributed by atoms with Gasteiger partial charge in [0.25, 0.3) is 5.91 Å². The second kappa shape index (κ2) is 8.24. The van der Waals surface area contributed by atoms with E-state index in [4.69, 9.17) is 4.74 Å². The van der Waals surface area contributed by atoms with Crippen molar-refractivity contribution < 1.29 is 13.7 Å². The highest BCUT2D eigenvalue weighted by Gasteiger charge is 2.50. The summed E-state index contributed by atoms with van der Waals surface area (Å²) >= 11 is 0. The lowest BCUT2D eigenvalue weighted by Crippen LogP contribution is -2.53. The van der Waals surface area contributed by atoms with E-state index in [1.165, 1.54) is 0 Å². The van der Waals surface area contributed by atoms with Crippen molar-refractivity contribution in [2.75, 3.05) is 19.6 Å². The molecule has 0 saturated carbocycles. The van der Waals surface area contributed by atoms with Crippen LogP contribution in [-0.2, 0) is 15.8 Å². The summed E-state index contributed by atoms with van der Waals surface area (Å²) in [6.07, 6.45) is 1.67. The fourth-order valence-corrected chi connectivity index (χ4v) is 4.44. The monoisotopic (exact) mass is 403 g/mol. The summed E-state index contributed by atoms with van der Waals surface area (Å²) in [5, 5.41) is 6.04. The van der Waals surface area contributed by atoms with Crippen LogP contribution in [0.15, 0.2) is 18.2 Å². The van der Waals surface area contributed by atoms with Crippen LogP contribution >= 0.6 is 0 Å². The van der Waals surface area contributed by atoms with E-state index in [0.29, 0.717) is 6.54 Å². The van der Waals surface area contributed by atoms with Crippen LogP contribution in [0.3, 0.4) is 0 Å². The molecule has 1 spiro atoms. The fourth-order valence-electron chi connectivity index (χ4n) is 3.54. The number of carbonyl (C=O) groups is 1. The molecule has 1 saturated heterocycles. The van der Waals surface area contributed by atoms with Crippen molar-refractivity contribution in [1.29, 1.82) is 0 Å². The van der Waals surface area contributed by atoms with Gasteiger partial charge in [0.1, 0.15) is 11.4 Å². The molecule has 1 fully saturated rings. The smallest absolute Gasteiger partial charge is 0.296 e. The summed E-state index contributed by atoms with van der Waals surface area (Å²) in [6, 6.07) is 5.54. The topological polar surface area (TPSA) is 79.5 Å². The van der Waals surface area contributed by atoms with Crippen LogP contribution in [0.1, 0.15) is 57.7 Å². The van der Waals surface area contributed by atoms with E-state index in [9.17, 15) is 9.00 Å². The van der Waals surface area contributed by atoms with Crippen molar-refractivity contribution in [2.45, 2.75) is 56.9 Å². The van der Waals surface area contributed by atoms with Gasteiger partial charge in [0.15, 0.2) is 0 Å². The third kappa shape index (κ3) is 4.40. The number of rotatable bonds is 3. The summed E-state index contributed by atoms with van der Waals surface area (Å²) in [6.45, 7) is 9.99. The van der Waals surface area contributed by atoms with Crippen molar-refractivity contribution in [2.24, 2.45) is 0 Å². The lowest BCUT2D eigenvalue weighted by atomic mass is 9.83. The number of carbonyl (C=O) groups excluding carboxylic acids is 1. The summed E-state index contributed by atoms with van der Waals surface area (Å²) < 4.78 is 22.2. The Morgan fingerprint density at radius 2 is 2.07 bits per heavy atom. The number of hydrogen-bond donors (Lipinski definition) is 3. The van der Waals surface area contributed by atoms with Crippen LogP contribution in [0.2, 0.25) is 0 Å². The second-order valence-electron chi connectivity index (χ2n) is 8.21. The van der Waals surface area contributed by atoms with Gasteiger partial charge in [-0.1, -0.05) is 5.92 Å². The Balaban J connectivity index is 1.94. The molecule has 152 valence electrons. The predicted octanol–water partition coefficient (Wildman–Crippen LogP) is 1.78. The van der Waals surface area contributed by atoms with E-state index in [1.54, 1.807) is 0 Å². The molecule has 6 nitrogen and oxygen atoms in total. The van der Waals surface area contributed by atoms with Crippen LogP contribution < -0.4 is 20.1 Å². The number of nitrogens with one attached hydrogen (secondary N) is 3. The molecule has 0 aliphatic carbocycles. The molecule has 3 N–H and O–H groups in total. The van der Waals surface area contributed by atoms with Crippen molar-refractivity contribution >= 4 is 16.9 Å². The summed E-state index contributed by atoms with van der Waals surface area (Å²) in [7, 11) is -1.23. The maximum Gasteiger partial charge on any atom is 0.296 e. The summed E-state index contributed by atoms with van der Waals surface area (Å²) in [5.41, 5.74) is 1.29. The van der Waals surface area contributed by atoms with Crippen LogP contribution in [-0.4, -0.2) is 40.1 Å². The average molecular weight is 404 g/mol. The minimum Gasteiger partial charge on any atom is -0.485 e. The number of benzene rings is 1. The standard InChI is InChI=1S/C21H29N3O3S/c1-5-23-18(25)9-7-15-6-8-17-16(14-15)19(24-28(26)20(2,3)4)21(27-17)10-12-22-13-11-21/h6,8,14,19,22,24H,5,10-13H2,1-4H3,(H,23,25)/t19-,28-/m1/s1. The second-order valence-corrected chi connectivity index (χ2v) is 10.2. The van der Waals surface area contributed by atoms with Gasteiger partial charge in [0.2, 0.25) is 0 Å². The first kappa shape index (κ1) is 20.8. The normalized spacial score (nSPS) is 21.2. The van der Waals surface area contributed by atoms with E-state index in [2.05, 4.69) is 27.2 Å². The van der Waals surface area contributed by atoms with Gasteiger partial charge in [0, 0.05) is 36.4 Å². The van der Waals surface area contributed by atoms with E-state index in [-0.39, 0.29) is 16.7 Å². The number of amides is 1. The quantitative estimate of drug-likeness (QED) is 0.672. The van der Waals surface area contributed by atoms with Crippen molar-refractivity contribution in [3.63, 3.8) is 0 Å².